The van der Waals surface area contributed by atoms with Crippen molar-refractivity contribution in [1.29, 1.82) is 5.26 Å². The quantitative estimate of drug-likeness (QED) is 0.824. The Hall–Kier alpha value is -2.39. The molecule has 0 atom stereocenters. The number of hydrogen-bond donors (Lipinski definition) is 1. The van der Waals surface area contributed by atoms with Gasteiger partial charge in [0.15, 0.2) is 5.75 Å². The van der Waals surface area contributed by atoms with Crippen LogP contribution in [0.3, 0.4) is 0 Å². The summed E-state index contributed by atoms with van der Waals surface area (Å²) in [5.41, 5.74) is 4.56. The number of anilines is 1. The van der Waals surface area contributed by atoms with Crippen molar-refractivity contribution in [3.8, 4) is 17.6 Å². The Balaban J connectivity index is 2.53. The van der Waals surface area contributed by atoms with Crippen LogP contribution < -0.4 is 10.5 Å². The van der Waals surface area contributed by atoms with E-state index < -0.39 is 17.5 Å². The number of hydrogen-bond acceptors (Lipinski definition) is 3. The van der Waals surface area contributed by atoms with Crippen molar-refractivity contribution in [2.45, 2.75) is 6.18 Å². The maximum absolute atomic E-state index is 13.0. The summed E-state index contributed by atoms with van der Waals surface area (Å²) in [6.45, 7) is 0. The molecule has 0 bridgehead atoms. The topological polar surface area (TPSA) is 59.0 Å². The summed E-state index contributed by atoms with van der Waals surface area (Å²) in [6.07, 6.45) is -4.67. The van der Waals surface area contributed by atoms with E-state index in [1.807, 2.05) is 0 Å². The van der Waals surface area contributed by atoms with E-state index in [0.29, 0.717) is 6.07 Å². The van der Waals surface area contributed by atoms with E-state index in [0.717, 1.165) is 6.07 Å². The Bertz CT molecular complexity index is 703. The fourth-order valence-corrected chi connectivity index (χ4v) is 1.87. The second-order valence-corrected chi connectivity index (χ2v) is 4.49. The molecule has 0 saturated carbocycles. The number of ether oxygens (including phenoxy) is 1. The zero-order chi connectivity index (χ0) is 15.6. The van der Waals surface area contributed by atoms with E-state index in [-0.39, 0.29) is 22.0 Å². The van der Waals surface area contributed by atoms with Crippen LogP contribution in [0.1, 0.15) is 11.1 Å². The zero-order valence-corrected chi connectivity index (χ0v) is 11.2. The minimum Gasteiger partial charge on any atom is -0.453 e. The lowest BCUT2D eigenvalue weighted by molar-refractivity contribution is -0.138. The van der Waals surface area contributed by atoms with E-state index in [1.165, 1.54) is 18.2 Å². The normalized spacial score (nSPS) is 11.0. The number of rotatable bonds is 2. The molecule has 2 aromatic carbocycles. The predicted octanol–water partition coefficient (Wildman–Crippen LogP) is 4.60. The molecule has 0 saturated heterocycles. The van der Waals surface area contributed by atoms with Crippen LogP contribution >= 0.6 is 11.6 Å². The smallest absolute Gasteiger partial charge is 0.420 e. The Labute approximate surface area is 123 Å². The maximum Gasteiger partial charge on any atom is 0.420 e. The van der Waals surface area contributed by atoms with Crippen LogP contribution in [0.4, 0.5) is 18.9 Å². The Kier molecular flexibility index (Phi) is 3.96. The number of nitrogen functional groups attached to an aromatic ring is 1. The van der Waals surface area contributed by atoms with Gasteiger partial charge in [-0.3, -0.25) is 0 Å². The lowest BCUT2D eigenvalue weighted by Crippen LogP contribution is -2.08. The molecule has 2 aromatic rings. The van der Waals surface area contributed by atoms with E-state index in [4.69, 9.17) is 27.3 Å². The van der Waals surface area contributed by atoms with Gasteiger partial charge in [0.25, 0.3) is 0 Å². The molecule has 0 fully saturated rings. The zero-order valence-electron chi connectivity index (χ0n) is 10.4. The SMILES string of the molecule is N#Cc1ccc(Oc2c(N)cccc2Cl)c(C(F)(F)F)c1. The summed E-state index contributed by atoms with van der Waals surface area (Å²) in [4.78, 5) is 0. The van der Waals surface area contributed by atoms with Crippen molar-refractivity contribution in [3.63, 3.8) is 0 Å². The van der Waals surface area contributed by atoms with Gasteiger partial charge in [-0.2, -0.15) is 18.4 Å². The van der Waals surface area contributed by atoms with Crippen LogP contribution in [0.5, 0.6) is 11.5 Å². The number of alkyl halides is 3. The molecule has 0 aliphatic carbocycles. The molecule has 0 aromatic heterocycles. The number of halogens is 4. The molecule has 0 aliphatic heterocycles. The van der Waals surface area contributed by atoms with Gasteiger partial charge in [0, 0.05) is 0 Å². The first-order valence-electron chi connectivity index (χ1n) is 5.66. The molecule has 0 spiro atoms. The summed E-state index contributed by atoms with van der Waals surface area (Å²) in [5, 5.41) is 8.79. The third-order valence-electron chi connectivity index (χ3n) is 2.62. The lowest BCUT2D eigenvalue weighted by Gasteiger charge is -2.15. The Morgan fingerprint density at radius 2 is 1.90 bits per heavy atom. The second kappa shape index (κ2) is 5.54. The second-order valence-electron chi connectivity index (χ2n) is 4.08. The third-order valence-corrected chi connectivity index (χ3v) is 2.92. The summed E-state index contributed by atoms with van der Waals surface area (Å²) in [6, 6.07) is 9.09. The van der Waals surface area contributed by atoms with Gasteiger partial charge in [-0.25, -0.2) is 0 Å². The summed E-state index contributed by atoms with van der Waals surface area (Å²) in [7, 11) is 0. The molecule has 108 valence electrons. The van der Waals surface area contributed by atoms with Crippen LogP contribution in [0, 0.1) is 11.3 Å². The van der Waals surface area contributed by atoms with Crippen LogP contribution in [-0.2, 0) is 6.18 Å². The standard InChI is InChI=1S/C14H8ClF3N2O/c15-10-2-1-3-11(20)13(10)21-12-5-4-8(7-19)6-9(12)14(16,17)18/h1-6H,20H2. The molecular weight excluding hydrogens is 305 g/mol. The average molecular weight is 313 g/mol. The number of nitrogens with zero attached hydrogens (tertiary/aromatic N) is 1. The van der Waals surface area contributed by atoms with Gasteiger partial charge in [0.1, 0.15) is 5.75 Å². The van der Waals surface area contributed by atoms with E-state index >= 15 is 0 Å². The molecule has 0 amide bonds. The molecule has 2 rings (SSSR count). The highest BCUT2D eigenvalue weighted by molar-refractivity contribution is 6.32. The largest absolute Gasteiger partial charge is 0.453 e. The fourth-order valence-electron chi connectivity index (χ4n) is 1.65. The fraction of sp³-hybridized carbons (Fsp3) is 0.0714. The highest BCUT2D eigenvalue weighted by atomic mass is 35.5. The monoisotopic (exact) mass is 312 g/mol. The van der Waals surface area contributed by atoms with Crippen LogP contribution in [0.2, 0.25) is 5.02 Å². The van der Waals surface area contributed by atoms with Gasteiger partial charge in [-0.1, -0.05) is 17.7 Å². The highest BCUT2D eigenvalue weighted by Gasteiger charge is 2.35. The summed E-state index contributed by atoms with van der Waals surface area (Å²) >= 11 is 5.87. The van der Waals surface area contributed by atoms with Crippen LogP contribution in [-0.4, -0.2) is 0 Å². The van der Waals surface area contributed by atoms with E-state index in [2.05, 4.69) is 0 Å². The molecule has 0 radical (unpaired) electrons. The van der Waals surface area contributed by atoms with Crippen molar-refractivity contribution >= 4 is 17.3 Å². The molecule has 0 unspecified atom stereocenters. The highest BCUT2D eigenvalue weighted by Crippen LogP contribution is 2.41. The predicted molar refractivity (Wildman–Crippen MR) is 72.1 cm³/mol. The van der Waals surface area contributed by atoms with Crippen molar-refractivity contribution in [2.24, 2.45) is 0 Å². The van der Waals surface area contributed by atoms with E-state index in [9.17, 15) is 13.2 Å². The molecular formula is C14H8ClF3N2O. The number of nitriles is 1. The Morgan fingerprint density at radius 1 is 1.19 bits per heavy atom. The van der Waals surface area contributed by atoms with E-state index in [1.54, 1.807) is 12.1 Å². The third kappa shape index (κ3) is 3.20. The van der Waals surface area contributed by atoms with Crippen molar-refractivity contribution in [1.82, 2.24) is 0 Å². The number of benzene rings is 2. The van der Waals surface area contributed by atoms with Gasteiger partial charge in [-0.15, -0.1) is 0 Å². The maximum atomic E-state index is 13.0. The van der Waals surface area contributed by atoms with Crippen molar-refractivity contribution in [2.75, 3.05) is 5.73 Å². The first kappa shape index (κ1) is 15.0. The molecule has 21 heavy (non-hydrogen) atoms. The van der Waals surface area contributed by atoms with Gasteiger partial charge < -0.3 is 10.5 Å². The molecule has 7 heteroatoms. The van der Waals surface area contributed by atoms with Gasteiger partial charge in [0.2, 0.25) is 0 Å². The van der Waals surface area contributed by atoms with Crippen LogP contribution in [0.15, 0.2) is 36.4 Å². The van der Waals surface area contributed by atoms with Gasteiger partial charge in [0.05, 0.1) is 27.9 Å². The number of para-hydroxylation sites is 1. The lowest BCUT2D eigenvalue weighted by atomic mass is 10.1. The molecule has 0 heterocycles. The molecule has 2 N–H and O–H groups in total. The van der Waals surface area contributed by atoms with Gasteiger partial charge >= 0.3 is 6.18 Å². The molecule has 0 aliphatic rings. The number of nitrogens with two attached hydrogens (primary N) is 1. The first-order chi connectivity index (χ1) is 9.82. The van der Waals surface area contributed by atoms with Crippen molar-refractivity contribution in [3.05, 3.63) is 52.5 Å². The molecule has 3 nitrogen and oxygen atoms in total. The summed E-state index contributed by atoms with van der Waals surface area (Å²) < 4.78 is 44.3. The Morgan fingerprint density at radius 3 is 2.48 bits per heavy atom. The van der Waals surface area contributed by atoms with Crippen LogP contribution in [0.25, 0.3) is 0 Å². The summed E-state index contributed by atoms with van der Waals surface area (Å²) in [5.74, 6) is -0.532. The van der Waals surface area contributed by atoms with Gasteiger partial charge in [-0.05, 0) is 30.3 Å². The average Bonchev–Trinajstić information content (AvgIpc) is 2.42. The first-order valence-corrected chi connectivity index (χ1v) is 6.04. The minimum atomic E-state index is -4.67. The minimum absolute atomic E-state index is 0.0608. The van der Waals surface area contributed by atoms with Crippen molar-refractivity contribution < 1.29 is 17.9 Å².